The highest BCUT2D eigenvalue weighted by Crippen LogP contribution is 2.22. The van der Waals surface area contributed by atoms with Gasteiger partial charge in [0.25, 0.3) is 5.91 Å². The molecule has 5 heteroatoms. The van der Waals surface area contributed by atoms with Gasteiger partial charge < -0.3 is 14.8 Å². The maximum Gasteiger partial charge on any atom is 0.255 e. The number of benzene rings is 3. The van der Waals surface area contributed by atoms with Crippen LogP contribution in [-0.4, -0.2) is 13.0 Å². The molecule has 1 N–H and O–H groups in total. The number of nitrogens with one attached hydrogen (secondary N) is 1. The molecule has 1 amide bonds. The van der Waals surface area contributed by atoms with Crippen molar-refractivity contribution in [1.82, 2.24) is 0 Å². The van der Waals surface area contributed by atoms with Gasteiger partial charge in [0.1, 0.15) is 11.6 Å². The second-order valence-corrected chi connectivity index (χ2v) is 5.94. The fourth-order valence-corrected chi connectivity index (χ4v) is 2.64. The number of amides is 1. The fourth-order valence-electron chi connectivity index (χ4n) is 2.64. The number of halogens is 1. The molecule has 0 fully saturated rings. The van der Waals surface area contributed by atoms with Crippen molar-refractivity contribution in [3.05, 3.63) is 95.3 Å². The number of rotatable bonds is 7. The van der Waals surface area contributed by atoms with Gasteiger partial charge in [-0.2, -0.15) is 0 Å². The largest absolute Gasteiger partial charge is 0.496 e. The van der Waals surface area contributed by atoms with Gasteiger partial charge in [-0.15, -0.1) is 0 Å². The molecule has 27 heavy (non-hydrogen) atoms. The van der Waals surface area contributed by atoms with Gasteiger partial charge in [0, 0.05) is 11.1 Å². The van der Waals surface area contributed by atoms with Gasteiger partial charge in [0.2, 0.25) is 0 Å². The Morgan fingerprint density at radius 2 is 1.70 bits per heavy atom. The number of carbonyl (C=O) groups excluding carboxylic acids is 1. The molecule has 0 bridgehead atoms. The van der Waals surface area contributed by atoms with Gasteiger partial charge in [0.05, 0.1) is 26.0 Å². The van der Waals surface area contributed by atoms with Gasteiger partial charge in [-0.25, -0.2) is 4.39 Å². The lowest BCUT2D eigenvalue weighted by molar-refractivity contribution is 0.101. The van der Waals surface area contributed by atoms with Gasteiger partial charge in [0.15, 0.2) is 0 Å². The highest BCUT2D eigenvalue weighted by atomic mass is 19.1. The summed E-state index contributed by atoms with van der Waals surface area (Å²) in [5.41, 5.74) is 2.34. The van der Waals surface area contributed by atoms with Crippen LogP contribution in [0, 0.1) is 5.82 Å². The summed E-state index contributed by atoms with van der Waals surface area (Å²) in [6.07, 6.45) is 0. The summed E-state index contributed by atoms with van der Waals surface area (Å²) in [4.78, 5) is 12.5. The first-order valence-electron chi connectivity index (χ1n) is 8.52. The van der Waals surface area contributed by atoms with Crippen LogP contribution in [0.5, 0.6) is 5.75 Å². The SMILES string of the molecule is COc1ccc(C(=O)Nc2ccccc2F)cc1COCc1ccccc1. The van der Waals surface area contributed by atoms with Crippen LogP contribution in [0.2, 0.25) is 0 Å². The summed E-state index contributed by atoms with van der Waals surface area (Å²) in [6.45, 7) is 0.745. The third-order valence-electron chi connectivity index (χ3n) is 4.03. The minimum absolute atomic E-state index is 0.139. The Balaban J connectivity index is 1.70. The molecule has 138 valence electrons. The standard InChI is InChI=1S/C22H20FNO3/c1-26-21-12-11-17(22(25)24-20-10-6-5-9-19(20)23)13-18(21)15-27-14-16-7-3-2-4-8-16/h2-13H,14-15H2,1H3,(H,24,25). The number of para-hydroxylation sites is 1. The normalized spacial score (nSPS) is 10.4. The number of carbonyl (C=O) groups is 1. The van der Waals surface area contributed by atoms with Crippen molar-refractivity contribution in [2.45, 2.75) is 13.2 Å². The van der Waals surface area contributed by atoms with Crippen molar-refractivity contribution in [2.24, 2.45) is 0 Å². The van der Waals surface area contributed by atoms with Crippen molar-refractivity contribution < 1.29 is 18.7 Å². The van der Waals surface area contributed by atoms with Crippen molar-refractivity contribution in [1.29, 1.82) is 0 Å². The summed E-state index contributed by atoms with van der Waals surface area (Å²) in [5.74, 6) is -0.247. The predicted molar refractivity (Wildman–Crippen MR) is 102 cm³/mol. The molecule has 0 saturated carbocycles. The third kappa shape index (κ3) is 4.92. The minimum Gasteiger partial charge on any atom is -0.496 e. The Morgan fingerprint density at radius 3 is 2.44 bits per heavy atom. The van der Waals surface area contributed by atoms with E-state index in [9.17, 15) is 9.18 Å². The molecule has 0 saturated heterocycles. The molecule has 3 aromatic carbocycles. The molecule has 0 aromatic heterocycles. The maximum atomic E-state index is 13.7. The van der Waals surface area contributed by atoms with Gasteiger partial charge in [-0.1, -0.05) is 42.5 Å². The molecular weight excluding hydrogens is 345 g/mol. The Morgan fingerprint density at radius 1 is 0.963 bits per heavy atom. The van der Waals surface area contributed by atoms with E-state index in [2.05, 4.69) is 5.32 Å². The van der Waals surface area contributed by atoms with E-state index in [0.29, 0.717) is 24.5 Å². The smallest absolute Gasteiger partial charge is 0.255 e. The van der Waals surface area contributed by atoms with E-state index in [-0.39, 0.29) is 5.69 Å². The molecule has 0 radical (unpaired) electrons. The molecule has 4 nitrogen and oxygen atoms in total. The monoisotopic (exact) mass is 365 g/mol. The van der Waals surface area contributed by atoms with Crippen molar-refractivity contribution >= 4 is 11.6 Å². The van der Waals surface area contributed by atoms with Crippen molar-refractivity contribution in [2.75, 3.05) is 12.4 Å². The number of methoxy groups -OCH3 is 1. The van der Waals surface area contributed by atoms with Crippen LogP contribution < -0.4 is 10.1 Å². The molecule has 0 aliphatic heterocycles. The van der Waals surface area contributed by atoms with Crippen LogP contribution in [-0.2, 0) is 18.0 Å². The number of hydrogen-bond acceptors (Lipinski definition) is 3. The summed E-state index contributed by atoms with van der Waals surface area (Å²) in [5, 5.41) is 2.58. The molecule has 0 atom stereocenters. The van der Waals surface area contributed by atoms with Crippen LogP contribution in [0.15, 0.2) is 72.8 Å². The van der Waals surface area contributed by atoms with Crippen LogP contribution in [0.3, 0.4) is 0 Å². The Labute approximate surface area is 157 Å². The third-order valence-corrected chi connectivity index (χ3v) is 4.03. The first kappa shape index (κ1) is 18.6. The van der Waals surface area contributed by atoms with E-state index in [1.54, 1.807) is 37.4 Å². The average molecular weight is 365 g/mol. The second-order valence-electron chi connectivity index (χ2n) is 5.94. The molecular formula is C22H20FNO3. The summed E-state index contributed by atoms with van der Waals surface area (Å²) < 4.78 is 24.8. The highest BCUT2D eigenvalue weighted by molar-refractivity contribution is 6.04. The minimum atomic E-state index is -0.481. The lowest BCUT2D eigenvalue weighted by Gasteiger charge is -2.12. The average Bonchev–Trinajstić information content (AvgIpc) is 2.70. The Bertz CT molecular complexity index is 912. The zero-order valence-corrected chi connectivity index (χ0v) is 14.9. The molecule has 3 aromatic rings. The van der Waals surface area contributed by atoms with Crippen LogP contribution in [0.4, 0.5) is 10.1 Å². The molecule has 0 heterocycles. The van der Waals surface area contributed by atoms with Crippen LogP contribution >= 0.6 is 0 Å². The second kappa shape index (κ2) is 8.96. The van der Waals surface area contributed by atoms with Crippen molar-refractivity contribution in [3.63, 3.8) is 0 Å². The quantitative estimate of drug-likeness (QED) is 0.654. The summed E-state index contributed by atoms with van der Waals surface area (Å²) in [6, 6.07) is 20.9. The van der Waals surface area contributed by atoms with Gasteiger partial charge >= 0.3 is 0 Å². The molecule has 3 rings (SSSR count). The predicted octanol–water partition coefficient (Wildman–Crippen LogP) is 4.80. The van der Waals surface area contributed by atoms with E-state index in [1.807, 2.05) is 30.3 Å². The maximum absolute atomic E-state index is 13.7. The van der Waals surface area contributed by atoms with E-state index < -0.39 is 11.7 Å². The number of ether oxygens (including phenoxy) is 2. The Kier molecular flexibility index (Phi) is 6.18. The molecule has 0 unspecified atom stereocenters. The lowest BCUT2D eigenvalue weighted by atomic mass is 10.1. The van der Waals surface area contributed by atoms with Crippen LogP contribution in [0.1, 0.15) is 21.5 Å². The van der Waals surface area contributed by atoms with Gasteiger partial charge in [-0.3, -0.25) is 4.79 Å². The Hall–Kier alpha value is -3.18. The molecule has 0 aliphatic carbocycles. The van der Waals surface area contributed by atoms with E-state index in [4.69, 9.17) is 9.47 Å². The van der Waals surface area contributed by atoms with Crippen molar-refractivity contribution in [3.8, 4) is 5.75 Å². The van der Waals surface area contributed by atoms with E-state index >= 15 is 0 Å². The van der Waals surface area contributed by atoms with Gasteiger partial charge in [-0.05, 0) is 35.9 Å². The van der Waals surface area contributed by atoms with E-state index in [0.717, 1.165) is 11.1 Å². The zero-order valence-electron chi connectivity index (χ0n) is 14.9. The molecule has 0 spiro atoms. The molecule has 0 aliphatic rings. The lowest BCUT2D eigenvalue weighted by Crippen LogP contribution is -2.13. The first-order chi connectivity index (χ1) is 13.2. The van der Waals surface area contributed by atoms with E-state index in [1.165, 1.54) is 12.1 Å². The van der Waals surface area contributed by atoms with Crippen LogP contribution in [0.25, 0.3) is 0 Å². The highest BCUT2D eigenvalue weighted by Gasteiger charge is 2.12. The summed E-state index contributed by atoms with van der Waals surface area (Å²) >= 11 is 0. The first-order valence-corrected chi connectivity index (χ1v) is 8.52. The number of anilines is 1. The topological polar surface area (TPSA) is 47.6 Å². The summed E-state index contributed by atoms with van der Waals surface area (Å²) in [7, 11) is 1.56. The zero-order chi connectivity index (χ0) is 19.1. The number of hydrogen-bond donors (Lipinski definition) is 1. The fraction of sp³-hybridized carbons (Fsp3) is 0.136.